The quantitative estimate of drug-likeness (QED) is 0.403. The Labute approximate surface area is 197 Å². The highest BCUT2D eigenvalue weighted by molar-refractivity contribution is 5.94. The number of nitrogens with one attached hydrogen (secondary N) is 2. The largest absolute Gasteiger partial charge is 0.350 e. The first-order valence-corrected chi connectivity index (χ1v) is 11.3. The third-order valence-electron chi connectivity index (χ3n) is 5.49. The number of pyridine rings is 1. The fourth-order valence-electron chi connectivity index (χ4n) is 3.61. The summed E-state index contributed by atoms with van der Waals surface area (Å²) in [6, 6.07) is 20.4. The Balaban J connectivity index is 1.41. The standard InChI is InChI=1S/C26H27N5O3/c1-2-3-7-19-10-13-22(14-11-19)28-24(32)18-31-26(34)30-17-21(12-15-23(30)29-31)25(33)27-16-20-8-5-4-6-9-20/h4-6,8-15,17H,2-3,7,16,18H2,1H3,(H,27,33)(H,28,32). The minimum absolute atomic E-state index is 0.229. The first kappa shape index (κ1) is 23.0. The van der Waals surface area contributed by atoms with Crippen molar-refractivity contribution in [2.75, 3.05) is 5.32 Å². The first-order valence-electron chi connectivity index (χ1n) is 11.3. The van der Waals surface area contributed by atoms with Crippen LogP contribution >= 0.6 is 0 Å². The summed E-state index contributed by atoms with van der Waals surface area (Å²) in [6.45, 7) is 2.30. The molecule has 0 radical (unpaired) electrons. The average Bonchev–Trinajstić information content (AvgIpc) is 3.17. The van der Waals surface area contributed by atoms with E-state index in [9.17, 15) is 14.4 Å². The number of fused-ring (bicyclic) bond motifs is 1. The molecule has 2 amide bonds. The molecular formula is C26H27N5O3. The van der Waals surface area contributed by atoms with Gasteiger partial charge in [-0.25, -0.2) is 13.9 Å². The molecule has 0 aliphatic heterocycles. The number of aryl methyl sites for hydroxylation is 1. The molecule has 0 bridgehead atoms. The minimum atomic E-state index is -0.488. The number of carbonyl (C=O) groups is 2. The molecule has 0 aliphatic rings. The number of benzene rings is 2. The van der Waals surface area contributed by atoms with Gasteiger partial charge in [0.2, 0.25) is 5.91 Å². The molecule has 34 heavy (non-hydrogen) atoms. The number of anilines is 1. The van der Waals surface area contributed by atoms with Gasteiger partial charge >= 0.3 is 5.69 Å². The van der Waals surface area contributed by atoms with Gasteiger partial charge in [0.25, 0.3) is 5.91 Å². The molecule has 2 aromatic heterocycles. The number of hydrogen-bond acceptors (Lipinski definition) is 4. The van der Waals surface area contributed by atoms with Gasteiger partial charge in [0, 0.05) is 18.4 Å². The number of hydrogen-bond donors (Lipinski definition) is 2. The van der Waals surface area contributed by atoms with Crippen molar-refractivity contribution >= 4 is 23.1 Å². The van der Waals surface area contributed by atoms with E-state index in [-0.39, 0.29) is 18.4 Å². The van der Waals surface area contributed by atoms with E-state index >= 15 is 0 Å². The van der Waals surface area contributed by atoms with Crippen LogP contribution in [0.15, 0.2) is 77.7 Å². The summed E-state index contributed by atoms with van der Waals surface area (Å²) in [5, 5.41) is 9.84. The zero-order valence-corrected chi connectivity index (χ0v) is 19.0. The van der Waals surface area contributed by atoms with Gasteiger partial charge < -0.3 is 10.6 Å². The van der Waals surface area contributed by atoms with Crippen LogP contribution in [0.4, 0.5) is 5.69 Å². The average molecular weight is 458 g/mol. The van der Waals surface area contributed by atoms with Gasteiger partial charge in [0.05, 0.1) is 5.56 Å². The summed E-state index contributed by atoms with van der Waals surface area (Å²) in [4.78, 5) is 37.8. The van der Waals surface area contributed by atoms with E-state index in [1.807, 2.05) is 54.6 Å². The number of aromatic nitrogens is 3. The van der Waals surface area contributed by atoms with Crippen molar-refractivity contribution in [3.63, 3.8) is 0 Å². The molecule has 4 aromatic rings. The second-order valence-electron chi connectivity index (χ2n) is 8.10. The lowest BCUT2D eigenvalue weighted by Gasteiger charge is -2.06. The van der Waals surface area contributed by atoms with E-state index in [2.05, 4.69) is 22.7 Å². The predicted octanol–water partition coefficient (Wildman–Crippen LogP) is 3.41. The van der Waals surface area contributed by atoms with Crippen molar-refractivity contribution in [2.45, 2.75) is 39.3 Å². The molecular weight excluding hydrogens is 430 g/mol. The molecule has 2 heterocycles. The molecule has 2 aromatic carbocycles. The van der Waals surface area contributed by atoms with Crippen molar-refractivity contribution in [3.05, 3.63) is 100 Å². The van der Waals surface area contributed by atoms with E-state index in [1.54, 1.807) is 12.1 Å². The molecule has 0 fully saturated rings. The Morgan fingerprint density at radius 1 is 0.941 bits per heavy atom. The van der Waals surface area contributed by atoms with Gasteiger partial charge in [-0.2, -0.15) is 0 Å². The van der Waals surface area contributed by atoms with Gasteiger partial charge in [0.15, 0.2) is 5.65 Å². The van der Waals surface area contributed by atoms with Crippen molar-refractivity contribution in [2.24, 2.45) is 0 Å². The summed E-state index contributed by atoms with van der Waals surface area (Å²) >= 11 is 0. The van der Waals surface area contributed by atoms with Gasteiger partial charge in [-0.15, -0.1) is 5.10 Å². The zero-order chi connectivity index (χ0) is 23.9. The van der Waals surface area contributed by atoms with Crippen LogP contribution < -0.4 is 16.3 Å². The van der Waals surface area contributed by atoms with Gasteiger partial charge in [-0.1, -0.05) is 55.8 Å². The minimum Gasteiger partial charge on any atom is -0.348 e. The highest BCUT2D eigenvalue weighted by Gasteiger charge is 2.14. The molecule has 174 valence electrons. The Morgan fingerprint density at radius 2 is 1.71 bits per heavy atom. The third-order valence-corrected chi connectivity index (χ3v) is 5.49. The number of nitrogens with zero attached hydrogens (tertiary/aromatic N) is 3. The second kappa shape index (κ2) is 10.6. The van der Waals surface area contributed by atoms with Gasteiger partial charge in [0.1, 0.15) is 6.54 Å². The lowest BCUT2D eigenvalue weighted by molar-refractivity contribution is -0.117. The smallest absolute Gasteiger partial charge is 0.348 e. The van der Waals surface area contributed by atoms with Crippen molar-refractivity contribution in [1.29, 1.82) is 0 Å². The Hall–Kier alpha value is -4.20. The molecule has 8 heteroatoms. The van der Waals surface area contributed by atoms with Crippen LogP contribution in [0, 0.1) is 0 Å². The van der Waals surface area contributed by atoms with Crippen molar-refractivity contribution < 1.29 is 9.59 Å². The van der Waals surface area contributed by atoms with Gasteiger partial charge in [-0.05, 0) is 48.2 Å². The summed E-state index contributed by atoms with van der Waals surface area (Å²) < 4.78 is 2.36. The van der Waals surface area contributed by atoms with Crippen LogP contribution in [0.5, 0.6) is 0 Å². The Morgan fingerprint density at radius 3 is 2.44 bits per heavy atom. The molecule has 0 aliphatic carbocycles. The number of rotatable bonds is 9. The number of carbonyl (C=O) groups excluding carboxylic acids is 2. The lowest BCUT2D eigenvalue weighted by Crippen LogP contribution is -2.28. The van der Waals surface area contributed by atoms with Crippen LogP contribution in [0.1, 0.15) is 41.3 Å². The van der Waals surface area contributed by atoms with Crippen LogP contribution in [0.25, 0.3) is 5.65 Å². The fourth-order valence-corrected chi connectivity index (χ4v) is 3.61. The fraction of sp³-hybridized carbons (Fsp3) is 0.231. The summed E-state index contributed by atoms with van der Waals surface area (Å²) in [7, 11) is 0. The van der Waals surface area contributed by atoms with Crippen LogP contribution in [-0.4, -0.2) is 26.0 Å². The lowest BCUT2D eigenvalue weighted by atomic mass is 10.1. The van der Waals surface area contributed by atoms with Crippen LogP contribution in [-0.2, 0) is 24.3 Å². The summed E-state index contributed by atoms with van der Waals surface area (Å²) in [5.74, 6) is -0.654. The topological polar surface area (TPSA) is 97.5 Å². The molecule has 0 saturated heterocycles. The maximum absolute atomic E-state index is 12.8. The predicted molar refractivity (Wildman–Crippen MR) is 131 cm³/mol. The summed E-state index contributed by atoms with van der Waals surface area (Å²) in [5.41, 5.74) is 3.07. The second-order valence-corrected chi connectivity index (χ2v) is 8.10. The molecule has 0 spiro atoms. The normalized spacial score (nSPS) is 10.9. The van der Waals surface area contributed by atoms with Gasteiger partial charge in [-0.3, -0.25) is 9.59 Å². The van der Waals surface area contributed by atoms with Crippen LogP contribution in [0.2, 0.25) is 0 Å². The first-order chi connectivity index (χ1) is 16.5. The molecule has 0 atom stereocenters. The number of amides is 2. The monoisotopic (exact) mass is 457 g/mol. The van der Waals surface area contributed by atoms with E-state index < -0.39 is 5.69 Å². The van der Waals surface area contributed by atoms with E-state index in [0.717, 1.165) is 29.5 Å². The van der Waals surface area contributed by atoms with Crippen molar-refractivity contribution in [3.8, 4) is 0 Å². The highest BCUT2D eigenvalue weighted by atomic mass is 16.2. The molecule has 4 rings (SSSR count). The maximum Gasteiger partial charge on any atom is 0.350 e. The number of unbranched alkanes of at least 4 members (excludes halogenated alkanes) is 1. The van der Waals surface area contributed by atoms with E-state index in [0.29, 0.717) is 23.4 Å². The molecule has 0 saturated carbocycles. The Bertz CT molecular complexity index is 1340. The van der Waals surface area contributed by atoms with E-state index in [4.69, 9.17) is 0 Å². The van der Waals surface area contributed by atoms with Crippen molar-refractivity contribution in [1.82, 2.24) is 19.5 Å². The summed E-state index contributed by atoms with van der Waals surface area (Å²) in [6.07, 6.45) is 4.70. The Kier molecular flexibility index (Phi) is 7.17. The molecule has 0 unspecified atom stereocenters. The molecule has 8 nitrogen and oxygen atoms in total. The SMILES string of the molecule is CCCCc1ccc(NC(=O)Cn2nc3ccc(C(=O)NCc4ccccc4)cn3c2=O)cc1. The highest BCUT2D eigenvalue weighted by Crippen LogP contribution is 2.12. The third kappa shape index (κ3) is 5.58. The maximum atomic E-state index is 12.8. The van der Waals surface area contributed by atoms with E-state index in [1.165, 1.54) is 16.2 Å². The van der Waals surface area contributed by atoms with Crippen LogP contribution in [0.3, 0.4) is 0 Å². The molecule has 2 N–H and O–H groups in total. The zero-order valence-electron chi connectivity index (χ0n) is 19.0.